The van der Waals surface area contributed by atoms with Crippen LogP contribution in [0.4, 0.5) is 5.69 Å². The summed E-state index contributed by atoms with van der Waals surface area (Å²) in [5.74, 6) is 0.517. The molecule has 3 aromatic carbocycles. The fraction of sp³-hybridized carbons (Fsp3) is 0.182. The summed E-state index contributed by atoms with van der Waals surface area (Å²) in [6.07, 6.45) is 0. The van der Waals surface area contributed by atoms with Crippen LogP contribution in [0.2, 0.25) is 0 Å². The number of thiocarbonyl (C=S) groups is 1. The predicted octanol–water partition coefficient (Wildman–Crippen LogP) is 5.67. The quantitative estimate of drug-likeness (QED) is 0.357. The molecular formula is C22H23N3S. The van der Waals surface area contributed by atoms with Gasteiger partial charge in [-0.25, -0.2) is 0 Å². The van der Waals surface area contributed by atoms with Gasteiger partial charge in [-0.1, -0.05) is 62.4 Å². The van der Waals surface area contributed by atoms with Crippen LogP contribution in [-0.2, 0) is 0 Å². The number of benzene rings is 3. The van der Waals surface area contributed by atoms with Gasteiger partial charge in [0.05, 0.1) is 5.71 Å². The SMILES string of the molecule is C/C(=N/NC(=S)Nc1ccc(C(C)C)cc1)c1ccc2ccccc2c1. The van der Waals surface area contributed by atoms with E-state index in [0.29, 0.717) is 11.0 Å². The average molecular weight is 362 g/mol. The molecule has 3 rings (SSSR count). The molecule has 132 valence electrons. The molecule has 0 atom stereocenters. The number of hydrogen-bond acceptors (Lipinski definition) is 2. The van der Waals surface area contributed by atoms with Crippen LogP contribution in [0.25, 0.3) is 10.8 Å². The molecule has 0 aliphatic heterocycles. The first kappa shape index (κ1) is 18.1. The summed E-state index contributed by atoms with van der Waals surface area (Å²) in [4.78, 5) is 0. The standard InChI is InChI=1S/C22H23N3S/c1-15(2)17-10-12-21(13-11-17)23-22(26)25-24-16(3)19-9-8-18-6-4-5-7-20(18)14-19/h4-15H,1-3H3,(H2,23,25,26)/b24-16-. The molecule has 0 bridgehead atoms. The van der Waals surface area contributed by atoms with Gasteiger partial charge in [-0.2, -0.15) is 5.10 Å². The Morgan fingerprint density at radius 3 is 2.31 bits per heavy atom. The number of hydrazone groups is 1. The van der Waals surface area contributed by atoms with E-state index >= 15 is 0 Å². The normalized spacial score (nSPS) is 11.6. The van der Waals surface area contributed by atoms with Crippen molar-refractivity contribution < 1.29 is 0 Å². The van der Waals surface area contributed by atoms with E-state index in [4.69, 9.17) is 12.2 Å². The van der Waals surface area contributed by atoms with Gasteiger partial charge in [0.2, 0.25) is 0 Å². The van der Waals surface area contributed by atoms with Gasteiger partial charge >= 0.3 is 0 Å². The zero-order valence-electron chi connectivity index (χ0n) is 15.3. The van der Waals surface area contributed by atoms with E-state index in [1.54, 1.807) is 0 Å². The molecule has 0 radical (unpaired) electrons. The summed E-state index contributed by atoms with van der Waals surface area (Å²) in [6.45, 7) is 6.33. The zero-order chi connectivity index (χ0) is 18.5. The molecule has 0 unspecified atom stereocenters. The van der Waals surface area contributed by atoms with Crippen molar-refractivity contribution in [1.29, 1.82) is 0 Å². The number of anilines is 1. The number of fused-ring (bicyclic) bond motifs is 1. The van der Waals surface area contributed by atoms with Crippen molar-refractivity contribution >= 4 is 39.5 Å². The molecule has 0 aliphatic carbocycles. The second-order valence-electron chi connectivity index (χ2n) is 6.60. The van der Waals surface area contributed by atoms with Gasteiger partial charge in [0, 0.05) is 5.69 Å². The molecule has 0 fully saturated rings. The number of nitrogens with zero attached hydrogens (tertiary/aromatic N) is 1. The van der Waals surface area contributed by atoms with Crippen molar-refractivity contribution in [1.82, 2.24) is 5.43 Å². The van der Waals surface area contributed by atoms with E-state index in [1.807, 2.05) is 31.2 Å². The smallest absolute Gasteiger partial charge is 0.191 e. The molecule has 3 aromatic rings. The molecule has 0 heterocycles. The highest BCUT2D eigenvalue weighted by atomic mass is 32.1. The highest BCUT2D eigenvalue weighted by molar-refractivity contribution is 7.80. The Morgan fingerprint density at radius 1 is 0.923 bits per heavy atom. The maximum absolute atomic E-state index is 5.34. The fourth-order valence-electron chi connectivity index (χ4n) is 2.72. The van der Waals surface area contributed by atoms with Gasteiger partial charge in [0.1, 0.15) is 0 Å². The molecule has 0 amide bonds. The summed E-state index contributed by atoms with van der Waals surface area (Å²) in [5.41, 5.74) is 7.13. The maximum atomic E-state index is 5.34. The Kier molecular flexibility index (Phi) is 5.64. The molecule has 0 aliphatic rings. The maximum Gasteiger partial charge on any atom is 0.191 e. The van der Waals surface area contributed by atoms with Crippen molar-refractivity contribution in [2.45, 2.75) is 26.7 Å². The highest BCUT2D eigenvalue weighted by Gasteiger charge is 2.02. The van der Waals surface area contributed by atoms with Crippen LogP contribution < -0.4 is 10.7 Å². The molecule has 2 N–H and O–H groups in total. The molecule has 0 saturated heterocycles. The van der Waals surface area contributed by atoms with Crippen LogP contribution in [-0.4, -0.2) is 10.8 Å². The Labute approximate surface area is 160 Å². The van der Waals surface area contributed by atoms with E-state index in [2.05, 4.69) is 72.2 Å². The van der Waals surface area contributed by atoms with Crippen molar-refractivity contribution in [2.24, 2.45) is 5.10 Å². The summed E-state index contributed by atoms with van der Waals surface area (Å²) in [5, 5.41) is 10.5. The highest BCUT2D eigenvalue weighted by Crippen LogP contribution is 2.17. The lowest BCUT2D eigenvalue weighted by molar-refractivity contribution is 0.867. The van der Waals surface area contributed by atoms with Crippen LogP contribution in [0.1, 0.15) is 37.8 Å². The largest absolute Gasteiger partial charge is 0.331 e. The van der Waals surface area contributed by atoms with Crippen LogP contribution >= 0.6 is 12.2 Å². The lowest BCUT2D eigenvalue weighted by Crippen LogP contribution is -2.24. The molecular weight excluding hydrogens is 338 g/mol. The minimum absolute atomic E-state index is 0.474. The van der Waals surface area contributed by atoms with E-state index in [-0.39, 0.29) is 0 Å². The Morgan fingerprint density at radius 2 is 1.62 bits per heavy atom. The monoisotopic (exact) mass is 361 g/mol. The third-order valence-electron chi connectivity index (χ3n) is 4.33. The molecule has 0 aromatic heterocycles. The van der Waals surface area contributed by atoms with Gasteiger partial charge in [0.25, 0.3) is 0 Å². The number of rotatable bonds is 4. The van der Waals surface area contributed by atoms with Crippen molar-refractivity contribution in [3.05, 3.63) is 77.9 Å². The predicted molar refractivity (Wildman–Crippen MR) is 116 cm³/mol. The molecule has 26 heavy (non-hydrogen) atoms. The van der Waals surface area contributed by atoms with E-state index < -0.39 is 0 Å². The van der Waals surface area contributed by atoms with E-state index in [9.17, 15) is 0 Å². The van der Waals surface area contributed by atoms with Crippen LogP contribution in [0, 0.1) is 0 Å². The molecule has 3 nitrogen and oxygen atoms in total. The number of hydrogen-bond donors (Lipinski definition) is 2. The second kappa shape index (κ2) is 8.11. The van der Waals surface area contributed by atoms with Gasteiger partial charge < -0.3 is 5.32 Å². The summed E-state index contributed by atoms with van der Waals surface area (Å²) in [7, 11) is 0. The van der Waals surface area contributed by atoms with E-state index in [0.717, 1.165) is 17.0 Å². The lowest BCUT2D eigenvalue weighted by Gasteiger charge is -2.10. The molecule has 0 spiro atoms. The lowest BCUT2D eigenvalue weighted by atomic mass is 10.0. The number of nitrogens with one attached hydrogen (secondary N) is 2. The van der Waals surface area contributed by atoms with Crippen molar-refractivity contribution in [3.8, 4) is 0 Å². The topological polar surface area (TPSA) is 36.4 Å². The minimum atomic E-state index is 0.474. The third kappa shape index (κ3) is 4.46. The molecule has 0 saturated carbocycles. The van der Waals surface area contributed by atoms with Crippen molar-refractivity contribution in [2.75, 3.05) is 5.32 Å². The van der Waals surface area contributed by atoms with Crippen LogP contribution in [0.5, 0.6) is 0 Å². The Balaban J connectivity index is 1.64. The van der Waals surface area contributed by atoms with Gasteiger partial charge in [-0.15, -0.1) is 0 Å². The average Bonchev–Trinajstić information content (AvgIpc) is 2.66. The summed E-state index contributed by atoms with van der Waals surface area (Å²) < 4.78 is 0. The first-order chi connectivity index (χ1) is 12.5. The second-order valence-corrected chi connectivity index (χ2v) is 7.01. The van der Waals surface area contributed by atoms with Crippen molar-refractivity contribution in [3.63, 3.8) is 0 Å². The first-order valence-corrected chi connectivity index (χ1v) is 9.14. The van der Waals surface area contributed by atoms with Gasteiger partial charge in [-0.3, -0.25) is 5.43 Å². The van der Waals surface area contributed by atoms with Gasteiger partial charge in [0.15, 0.2) is 5.11 Å². The summed E-state index contributed by atoms with van der Waals surface area (Å²) in [6, 6.07) is 22.9. The van der Waals surface area contributed by atoms with Gasteiger partial charge in [-0.05, 0) is 65.2 Å². The van der Waals surface area contributed by atoms with Crippen LogP contribution in [0.15, 0.2) is 71.8 Å². The Bertz CT molecular complexity index is 943. The Hall–Kier alpha value is -2.72. The zero-order valence-corrected chi connectivity index (χ0v) is 16.1. The summed E-state index contributed by atoms with van der Waals surface area (Å²) >= 11 is 5.34. The first-order valence-electron chi connectivity index (χ1n) is 8.73. The minimum Gasteiger partial charge on any atom is -0.331 e. The van der Waals surface area contributed by atoms with E-state index in [1.165, 1.54) is 16.3 Å². The third-order valence-corrected chi connectivity index (χ3v) is 4.52. The van der Waals surface area contributed by atoms with Crippen LogP contribution in [0.3, 0.4) is 0 Å². The fourth-order valence-corrected chi connectivity index (χ4v) is 2.89. The molecule has 4 heteroatoms.